The second-order valence-corrected chi connectivity index (χ2v) is 13.8. The summed E-state index contributed by atoms with van der Waals surface area (Å²) < 4.78 is 0.869. The molecule has 6 rings (SSSR count). The first-order valence-corrected chi connectivity index (χ1v) is 17.3. The van der Waals surface area contributed by atoms with Gasteiger partial charge < -0.3 is 30.4 Å². The summed E-state index contributed by atoms with van der Waals surface area (Å²) in [6, 6.07) is 14.6. The van der Waals surface area contributed by atoms with E-state index in [0.717, 1.165) is 54.5 Å². The summed E-state index contributed by atoms with van der Waals surface area (Å²) in [5.41, 5.74) is 2.43. The van der Waals surface area contributed by atoms with Gasteiger partial charge in [0, 0.05) is 67.0 Å². The van der Waals surface area contributed by atoms with E-state index in [9.17, 15) is 19.5 Å². The molecule has 4 amide bonds. The molecule has 10 nitrogen and oxygen atoms in total. The molecule has 4 aliphatic heterocycles. The summed E-state index contributed by atoms with van der Waals surface area (Å²) in [5.74, 6) is -0.457. The highest BCUT2D eigenvalue weighted by Gasteiger charge is 2.36. The monoisotopic (exact) mass is 680 g/mol. The van der Waals surface area contributed by atoms with Crippen molar-refractivity contribution in [2.45, 2.75) is 82.3 Å². The second-order valence-electron chi connectivity index (χ2n) is 12.9. The van der Waals surface area contributed by atoms with Crippen LogP contribution < -0.4 is 10.6 Å². The minimum Gasteiger partial charge on any atom is -0.378 e. The molecule has 0 spiro atoms. The van der Waals surface area contributed by atoms with Crippen molar-refractivity contribution in [3.8, 4) is 0 Å². The maximum Gasteiger partial charge on any atom is 0.322 e. The van der Waals surface area contributed by atoms with E-state index < -0.39 is 12.3 Å². The summed E-state index contributed by atoms with van der Waals surface area (Å²) in [7, 11) is 0. The maximum absolute atomic E-state index is 13.9. The summed E-state index contributed by atoms with van der Waals surface area (Å²) in [5, 5.41) is 17.4. The molecule has 3 saturated heterocycles. The molecule has 3 fully saturated rings. The number of nitrogens with one attached hydrogen (secondary N) is 2. The highest BCUT2D eigenvalue weighted by atomic mass is 79.9. The summed E-state index contributed by atoms with van der Waals surface area (Å²) >= 11 is 3.41. The fourth-order valence-electron chi connectivity index (χ4n) is 7.39. The predicted octanol–water partition coefficient (Wildman–Crippen LogP) is 4.25. The number of nitrogens with zero attached hydrogens (tertiary/aromatic N) is 4. The molecular formula is C34H45BrN6O4. The van der Waals surface area contributed by atoms with Crippen molar-refractivity contribution < 1.29 is 19.5 Å². The SMILES string of the molecule is O=C(N[C@@H](CC(O)N1CCC(N2Cc3ccccc3NC2=O)CC1)C(=O)N1CCC(N2CCCCC2)CC1)c1ccc(Br)cc1. The zero-order valence-electron chi connectivity index (χ0n) is 25.9. The Balaban J connectivity index is 1.07. The minimum absolute atomic E-state index is 0.0672. The number of carbonyl (C=O) groups excluding carboxylic acids is 3. The standard InChI is InChI=1S/C34H45BrN6O4/c35-26-10-8-24(9-11-26)32(43)36-30(33(44)40-20-12-27(13-21-40)38-16-4-1-5-17-38)22-31(42)39-18-14-28(15-19-39)41-23-25-6-2-3-7-29(25)37-34(41)45/h2-3,6-11,27-28,30-31,42H,1,4-5,12-23H2,(H,36,43)(H,37,45)/t30-,31?/m0/s1. The number of para-hydroxylation sites is 1. The van der Waals surface area contributed by atoms with E-state index in [1.165, 1.54) is 19.3 Å². The second kappa shape index (κ2) is 14.6. The smallest absolute Gasteiger partial charge is 0.322 e. The number of likely N-dealkylation sites (tertiary alicyclic amines) is 3. The fraction of sp³-hybridized carbons (Fsp3) is 0.559. The Kier molecular flexibility index (Phi) is 10.4. The zero-order chi connectivity index (χ0) is 31.3. The number of fused-ring (bicyclic) bond motifs is 1. The van der Waals surface area contributed by atoms with Crippen LogP contribution in [0.15, 0.2) is 53.0 Å². The molecule has 242 valence electrons. The van der Waals surface area contributed by atoms with Gasteiger partial charge in [-0.15, -0.1) is 0 Å². The van der Waals surface area contributed by atoms with Crippen LogP contribution in [0.5, 0.6) is 0 Å². The summed E-state index contributed by atoms with van der Waals surface area (Å²) in [6.45, 7) is 5.37. The first-order chi connectivity index (χ1) is 21.9. The van der Waals surface area contributed by atoms with E-state index in [1.54, 1.807) is 24.3 Å². The van der Waals surface area contributed by atoms with Crippen molar-refractivity contribution in [1.82, 2.24) is 24.9 Å². The van der Waals surface area contributed by atoms with Crippen LogP contribution in [-0.2, 0) is 11.3 Å². The number of aliphatic hydroxyl groups is 1. The summed E-state index contributed by atoms with van der Waals surface area (Å²) in [4.78, 5) is 48.4. The number of urea groups is 1. The lowest BCUT2D eigenvalue weighted by atomic mass is 9.98. The zero-order valence-corrected chi connectivity index (χ0v) is 27.5. The Morgan fingerprint density at radius 2 is 1.56 bits per heavy atom. The van der Waals surface area contributed by atoms with E-state index in [4.69, 9.17) is 0 Å². The quantitative estimate of drug-likeness (QED) is 0.385. The van der Waals surface area contributed by atoms with Crippen LogP contribution in [0.3, 0.4) is 0 Å². The largest absolute Gasteiger partial charge is 0.378 e. The van der Waals surface area contributed by atoms with Gasteiger partial charge in [-0.3, -0.25) is 14.5 Å². The number of piperidine rings is 3. The Hall–Kier alpha value is -2.99. The number of carbonyl (C=O) groups is 3. The van der Waals surface area contributed by atoms with Crippen LogP contribution in [0, 0.1) is 0 Å². The Morgan fingerprint density at radius 3 is 2.27 bits per heavy atom. The molecule has 2 aromatic carbocycles. The van der Waals surface area contributed by atoms with Crippen molar-refractivity contribution in [2.24, 2.45) is 0 Å². The van der Waals surface area contributed by atoms with Crippen LogP contribution in [0.25, 0.3) is 0 Å². The summed E-state index contributed by atoms with van der Waals surface area (Å²) in [6.07, 6.45) is 6.32. The number of aliphatic hydroxyl groups excluding tert-OH is 1. The molecule has 45 heavy (non-hydrogen) atoms. The molecule has 0 bridgehead atoms. The van der Waals surface area contributed by atoms with E-state index >= 15 is 0 Å². The van der Waals surface area contributed by atoms with Crippen LogP contribution in [0.4, 0.5) is 10.5 Å². The van der Waals surface area contributed by atoms with Crippen LogP contribution in [-0.4, -0.2) is 106 Å². The van der Waals surface area contributed by atoms with Gasteiger partial charge in [-0.05, 0) is 87.5 Å². The molecular weight excluding hydrogens is 636 g/mol. The molecule has 2 aromatic rings. The lowest BCUT2D eigenvalue weighted by molar-refractivity contribution is -0.137. The van der Waals surface area contributed by atoms with Crippen molar-refractivity contribution in [2.75, 3.05) is 44.6 Å². The average molecular weight is 682 g/mol. The lowest BCUT2D eigenvalue weighted by Crippen LogP contribution is -2.56. The topological polar surface area (TPSA) is 108 Å². The number of amides is 4. The molecule has 0 saturated carbocycles. The first-order valence-electron chi connectivity index (χ1n) is 16.5. The van der Waals surface area contributed by atoms with E-state index in [0.29, 0.717) is 44.3 Å². The first kappa shape index (κ1) is 32.0. The molecule has 0 aliphatic carbocycles. The normalized spacial score (nSPS) is 22.0. The molecule has 2 atom stereocenters. The Labute approximate surface area is 274 Å². The molecule has 0 radical (unpaired) electrons. The van der Waals surface area contributed by atoms with Gasteiger partial charge in [0.15, 0.2) is 0 Å². The molecule has 4 aliphatic rings. The third-order valence-corrected chi connectivity index (χ3v) is 10.6. The number of benzene rings is 2. The van der Waals surface area contributed by atoms with Crippen LogP contribution >= 0.6 is 15.9 Å². The number of hydrogen-bond donors (Lipinski definition) is 3. The van der Waals surface area contributed by atoms with Crippen LogP contribution in [0.2, 0.25) is 0 Å². The molecule has 11 heteroatoms. The van der Waals surface area contributed by atoms with E-state index in [1.807, 2.05) is 39.0 Å². The number of hydrogen-bond acceptors (Lipinski definition) is 6. The Morgan fingerprint density at radius 1 is 0.889 bits per heavy atom. The minimum atomic E-state index is -0.896. The maximum atomic E-state index is 13.9. The number of anilines is 1. The third-order valence-electron chi connectivity index (χ3n) is 10.1. The van der Waals surface area contributed by atoms with Crippen molar-refractivity contribution >= 4 is 39.5 Å². The average Bonchev–Trinajstić information content (AvgIpc) is 3.08. The van der Waals surface area contributed by atoms with E-state index in [2.05, 4.69) is 31.5 Å². The van der Waals surface area contributed by atoms with Gasteiger partial charge in [0.1, 0.15) is 12.3 Å². The lowest BCUT2D eigenvalue weighted by Gasteiger charge is -2.43. The van der Waals surface area contributed by atoms with E-state index in [-0.39, 0.29) is 30.3 Å². The number of rotatable bonds is 8. The molecule has 0 aromatic heterocycles. The van der Waals surface area contributed by atoms with Crippen molar-refractivity contribution in [3.63, 3.8) is 0 Å². The number of halogens is 1. The van der Waals surface area contributed by atoms with Gasteiger partial charge in [0.05, 0.1) is 0 Å². The van der Waals surface area contributed by atoms with Gasteiger partial charge in [0.2, 0.25) is 5.91 Å². The highest BCUT2D eigenvalue weighted by Crippen LogP contribution is 2.29. The van der Waals surface area contributed by atoms with Gasteiger partial charge in [-0.2, -0.15) is 0 Å². The van der Waals surface area contributed by atoms with Gasteiger partial charge in [0.25, 0.3) is 5.91 Å². The molecule has 4 heterocycles. The van der Waals surface area contributed by atoms with Crippen LogP contribution in [0.1, 0.15) is 67.3 Å². The molecule has 1 unspecified atom stereocenters. The van der Waals surface area contributed by atoms with Crippen molar-refractivity contribution in [3.05, 3.63) is 64.1 Å². The van der Waals surface area contributed by atoms with Gasteiger partial charge >= 0.3 is 6.03 Å². The fourth-order valence-corrected chi connectivity index (χ4v) is 7.66. The van der Waals surface area contributed by atoms with Crippen molar-refractivity contribution in [1.29, 1.82) is 0 Å². The Bertz CT molecular complexity index is 1340. The highest BCUT2D eigenvalue weighted by molar-refractivity contribution is 9.10. The van der Waals surface area contributed by atoms with Gasteiger partial charge in [-0.1, -0.05) is 40.5 Å². The predicted molar refractivity (Wildman–Crippen MR) is 177 cm³/mol. The van der Waals surface area contributed by atoms with Gasteiger partial charge in [-0.25, -0.2) is 4.79 Å². The molecule has 3 N–H and O–H groups in total. The third kappa shape index (κ3) is 7.70.